The van der Waals surface area contributed by atoms with Gasteiger partial charge in [0.15, 0.2) is 7.49 Å². The monoisotopic (exact) mass is 233 g/mol. The van der Waals surface area contributed by atoms with E-state index in [0.717, 1.165) is 18.2 Å². The van der Waals surface area contributed by atoms with Crippen molar-refractivity contribution in [3.05, 3.63) is 29.3 Å². The summed E-state index contributed by atoms with van der Waals surface area (Å²) in [5.41, 5.74) is -0.973. The Morgan fingerprint density at radius 2 is 2.50 bits per heavy atom. The summed E-state index contributed by atoms with van der Waals surface area (Å²) in [7, 11) is 0. The van der Waals surface area contributed by atoms with Gasteiger partial charge in [-0.05, 0) is 37.0 Å². The Morgan fingerprint density at radius 1 is 1.75 bits per heavy atom. The number of hydrogen-bond acceptors (Lipinski definition) is 3. The first-order valence-corrected chi connectivity index (χ1v) is 4.20. The van der Waals surface area contributed by atoms with E-state index < -0.39 is 55.8 Å². The van der Waals surface area contributed by atoms with Gasteiger partial charge in [0.2, 0.25) is 0 Å². The Hall–Kier alpha value is -1.71. The van der Waals surface area contributed by atoms with Crippen LogP contribution in [-0.2, 0) is 4.74 Å². The van der Waals surface area contributed by atoms with Crippen LogP contribution < -0.4 is 10.0 Å². The standard InChI is InChI=1S/C12H15NO3/c1-8-3-9(2)5-10(4-8)15-7-11-6-13-12(14)16-11/h3-5,11H,6-7H2,1-2H3,(H,13,14)/i1D3,2D3,6D2,7D2,11D/hD. The van der Waals surface area contributed by atoms with Gasteiger partial charge in [-0.25, -0.2) is 4.79 Å². The maximum absolute atomic E-state index is 11.5. The molecule has 16 heavy (non-hydrogen) atoms. The Morgan fingerprint density at radius 3 is 3.06 bits per heavy atom. The lowest BCUT2D eigenvalue weighted by molar-refractivity contribution is 0.105. The second-order valence-electron chi connectivity index (χ2n) is 2.87. The summed E-state index contributed by atoms with van der Waals surface area (Å²) >= 11 is 0. The molecule has 0 aliphatic carbocycles. The molecule has 1 heterocycles. The Bertz CT molecular complexity index is 757. The van der Waals surface area contributed by atoms with Gasteiger partial charge in [-0.1, -0.05) is 6.07 Å². The first kappa shape index (κ1) is 3.39. The maximum Gasteiger partial charge on any atom is 0.407 e. The number of carbonyl (C=O) groups excluding carboxylic acids is 1. The van der Waals surface area contributed by atoms with Crippen LogP contribution in [0.3, 0.4) is 0 Å². The van der Waals surface area contributed by atoms with Gasteiger partial charge in [0.05, 0.1) is 13.4 Å². The zero-order chi connectivity index (χ0) is 21.9. The van der Waals surface area contributed by atoms with Gasteiger partial charge >= 0.3 is 6.09 Å². The van der Waals surface area contributed by atoms with Crippen LogP contribution in [-0.4, -0.2) is 25.2 Å². The molecule has 4 nitrogen and oxygen atoms in total. The Balaban J connectivity index is 2.53. The molecular weight excluding hydrogens is 206 g/mol. The fourth-order valence-corrected chi connectivity index (χ4v) is 1.04. The summed E-state index contributed by atoms with van der Waals surface area (Å²) in [6.45, 7) is -12.2. The molecular formula is C12H15NO3. The van der Waals surface area contributed by atoms with Crippen molar-refractivity contribution >= 4 is 6.09 Å². The van der Waals surface area contributed by atoms with Crippen LogP contribution >= 0.6 is 0 Å². The van der Waals surface area contributed by atoms with Gasteiger partial charge in [0.1, 0.15) is 12.3 Å². The number of hydrogen-bond donors (Lipinski definition) is 1. The van der Waals surface area contributed by atoms with E-state index in [1.807, 2.05) is 0 Å². The minimum absolute atomic E-state index is 0.367. The fraction of sp³-hybridized carbons (Fsp3) is 0.417. The van der Waals surface area contributed by atoms with E-state index in [-0.39, 0.29) is 5.31 Å². The van der Waals surface area contributed by atoms with Crippen molar-refractivity contribution in [1.82, 2.24) is 5.31 Å². The highest BCUT2D eigenvalue weighted by Gasteiger charge is 2.22. The quantitative estimate of drug-likeness (QED) is 0.866. The Kier molecular flexibility index (Phi) is 0.938. The SMILES string of the molecule is [2H]N1C(=O)OC([2H])(C([2H])([2H])Oc2cc(C([2H])([2H])[2H])cc(C([2H])([2H])[2H])c2)C1([2H])[2H]. The van der Waals surface area contributed by atoms with Crippen molar-refractivity contribution in [3.63, 3.8) is 0 Å². The molecule has 0 aromatic heterocycles. The van der Waals surface area contributed by atoms with Crippen molar-refractivity contribution in [2.75, 3.05) is 13.1 Å². The Labute approximate surface area is 111 Å². The minimum atomic E-state index is -3.43. The second kappa shape index (κ2) is 4.43. The number of alkyl carbamates (subject to hydrolysis) is 1. The third-order valence-electron chi connectivity index (χ3n) is 1.61. The lowest BCUT2D eigenvalue weighted by Gasteiger charge is -2.11. The van der Waals surface area contributed by atoms with Crippen LogP contribution in [0.2, 0.25) is 1.41 Å². The predicted molar refractivity (Wildman–Crippen MR) is 59.7 cm³/mol. The molecule has 0 saturated carbocycles. The van der Waals surface area contributed by atoms with E-state index in [1.54, 1.807) is 0 Å². The average molecular weight is 233 g/mol. The molecule has 0 radical (unpaired) electrons. The maximum atomic E-state index is 11.5. The molecule has 1 fully saturated rings. The van der Waals surface area contributed by atoms with Crippen LogP contribution in [0.25, 0.3) is 0 Å². The summed E-state index contributed by atoms with van der Waals surface area (Å²) in [6.07, 6.45) is -5.00. The molecule has 1 amide bonds. The average Bonchev–Trinajstić information content (AvgIpc) is 2.66. The summed E-state index contributed by atoms with van der Waals surface area (Å²) < 4.78 is 100. The van der Waals surface area contributed by atoms with Crippen molar-refractivity contribution in [2.24, 2.45) is 0 Å². The molecule has 0 spiro atoms. The third-order valence-corrected chi connectivity index (χ3v) is 1.61. The normalized spacial score (nSPS) is 41.0. The number of rotatable bonds is 3. The number of aryl methyl sites for hydroxylation is 2. The third kappa shape index (κ3) is 2.66. The van der Waals surface area contributed by atoms with Crippen LogP contribution in [0.1, 0.15) is 26.2 Å². The largest absolute Gasteiger partial charge is 0.490 e. The zero-order valence-corrected chi connectivity index (χ0v) is 7.90. The molecule has 4 heteroatoms. The lowest BCUT2D eigenvalue weighted by Crippen LogP contribution is -2.21. The number of ether oxygens (including phenoxy) is 2. The van der Waals surface area contributed by atoms with E-state index in [1.165, 1.54) is 0 Å². The summed E-state index contributed by atoms with van der Waals surface area (Å²) in [5, 5.41) is -0.367. The number of cyclic esters (lactones) is 1. The van der Waals surface area contributed by atoms with Crippen molar-refractivity contribution < 1.29 is 30.8 Å². The lowest BCUT2D eigenvalue weighted by atomic mass is 10.1. The van der Waals surface area contributed by atoms with E-state index in [9.17, 15) is 4.79 Å². The van der Waals surface area contributed by atoms with Crippen molar-refractivity contribution in [3.8, 4) is 5.75 Å². The molecule has 1 N–H and O–H groups in total. The number of amides is 1. The molecule has 1 aliphatic heterocycles. The van der Waals surface area contributed by atoms with Crippen LogP contribution in [0.5, 0.6) is 5.75 Å². The summed E-state index contributed by atoms with van der Waals surface area (Å²) in [6, 6.07) is 2.50. The van der Waals surface area contributed by atoms with E-state index in [0.29, 0.717) is 0 Å². The van der Waals surface area contributed by atoms with Crippen molar-refractivity contribution in [1.29, 1.82) is 0 Å². The molecule has 1 unspecified atom stereocenters. The van der Waals surface area contributed by atoms with E-state index in [2.05, 4.69) is 4.74 Å². The highest BCUT2D eigenvalue weighted by atomic mass is 16.6. The van der Waals surface area contributed by atoms with Gasteiger partial charge in [-0.15, -0.1) is 0 Å². The molecule has 86 valence electrons. The molecule has 1 saturated heterocycles. The van der Waals surface area contributed by atoms with Gasteiger partial charge in [0.25, 0.3) is 0 Å². The van der Waals surface area contributed by atoms with E-state index >= 15 is 0 Å². The van der Waals surface area contributed by atoms with E-state index in [4.69, 9.17) is 21.2 Å². The van der Waals surface area contributed by atoms with Gasteiger partial charge in [0, 0.05) is 8.22 Å². The fourth-order valence-electron chi connectivity index (χ4n) is 1.04. The zero-order valence-electron chi connectivity index (χ0n) is 19.9. The molecule has 1 atom stereocenters. The van der Waals surface area contributed by atoms with Crippen LogP contribution in [0.4, 0.5) is 4.79 Å². The highest BCUT2D eigenvalue weighted by Crippen LogP contribution is 2.16. The summed E-state index contributed by atoms with van der Waals surface area (Å²) in [5.74, 6) is -0.633. The number of carbonyl (C=O) groups is 1. The summed E-state index contributed by atoms with van der Waals surface area (Å²) in [4.78, 5) is 11.5. The van der Waals surface area contributed by atoms with Crippen LogP contribution in [0.15, 0.2) is 18.2 Å². The highest BCUT2D eigenvalue weighted by molar-refractivity contribution is 5.69. The minimum Gasteiger partial charge on any atom is -0.490 e. The molecule has 1 aromatic rings. The second-order valence-corrected chi connectivity index (χ2v) is 2.87. The van der Waals surface area contributed by atoms with Gasteiger partial charge in [-0.3, -0.25) is 0 Å². The molecule has 0 bridgehead atoms. The molecule has 1 aliphatic rings. The van der Waals surface area contributed by atoms with Crippen molar-refractivity contribution in [2.45, 2.75) is 19.8 Å². The molecule has 2 rings (SSSR count). The number of benzene rings is 1. The first-order chi connectivity index (χ1) is 12.3. The van der Waals surface area contributed by atoms with Crippen LogP contribution in [0, 0.1) is 13.7 Å². The van der Waals surface area contributed by atoms with Gasteiger partial charge in [-0.2, -0.15) is 0 Å². The van der Waals surface area contributed by atoms with Gasteiger partial charge < -0.3 is 14.8 Å². The number of nitrogens with one attached hydrogen (secondary N) is 1. The molecule has 1 aromatic carbocycles. The first-order valence-electron chi connectivity index (χ1n) is 10.1. The smallest absolute Gasteiger partial charge is 0.407 e. The predicted octanol–water partition coefficient (Wildman–Crippen LogP) is 1.79. The topological polar surface area (TPSA) is 47.6 Å².